The van der Waals surface area contributed by atoms with Crippen LogP contribution in [0.5, 0.6) is 5.75 Å². The largest absolute Gasteiger partial charge is 0.573 e. The molecule has 0 aliphatic heterocycles. The second-order valence-corrected chi connectivity index (χ2v) is 6.72. The Balaban J connectivity index is 3.01. The third-order valence-electron chi connectivity index (χ3n) is 3.29. The van der Waals surface area contributed by atoms with Crippen LogP contribution in [0.1, 0.15) is 27.7 Å². The van der Waals surface area contributed by atoms with Crippen LogP contribution in [0.2, 0.25) is 0 Å². The quantitative estimate of drug-likeness (QED) is 0.766. The zero-order chi connectivity index (χ0) is 17.3. The van der Waals surface area contributed by atoms with Crippen LogP contribution in [0.4, 0.5) is 13.2 Å². The van der Waals surface area contributed by atoms with E-state index in [4.69, 9.17) is 4.65 Å². The molecule has 1 rings (SSSR count). The predicted octanol–water partition coefficient (Wildman–Crippen LogP) is 2.60. The normalized spacial score (nSPS) is 13.2. The maximum absolute atomic E-state index is 12.3. The van der Waals surface area contributed by atoms with Crippen LogP contribution < -0.4 is 10.2 Å². The van der Waals surface area contributed by atoms with Gasteiger partial charge in [0.25, 0.3) is 0 Å². The Hall–Kier alpha value is -0.765. The summed E-state index contributed by atoms with van der Waals surface area (Å²) in [6.07, 6.45) is -4.84. The lowest BCUT2D eigenvalue weighted by Crippen LogP contribution is -2.53. The summed E-state index contributed by atoms with van der Waals surface area (Å²) in [6, 6.07) is 3.53. The van der Waals surface area contributed by atoms with Gasteiger partial charge >= 0.3 is 13.5 Å². The van der Waals surface area contributed by atoms with Gasteiger partial charge in [-0.1, -0.05) is 15.9 Å². The molecule has 0 radical (unpaired) electrons. The molecule has 0 unspecified atom stereocenters. The zero-order valence-electron chi connectivity index (χ0n) is 12.5. The van der Waals surface area contributed by atoms with E-state index in [1.54, 1.807) is 13.8 Å². The molecule has 22 heavy (non-hydrogen) atoms. The smallest absolute Gasteiger partial charge is 0.423 e. The molecule has 124 valence electrons. The first kappa shape index (κ1) is 19.3. The Morgan fingerprint density at radius 3 is 2.09 bits per heavy atom. The number of ether oxygens (including phenoxy) is 1. The van der Waals surface area contributed by atoms with E-state index in [0.29, 0.717) is 0 Å². The van der Waals surface area contributed by atoms with E-state index >= 15 is 0 Å². The number of benzene rings is 1. The van der Waals surface area contributed by atoms with Gasteiger partial charge in [0.2, 0.25) is 0 Å². The fourth-order valence-corrected chi connectivity index (χ4v) is 1.90. The van der Waals surface area contributed by atoms with Crippen molar-refractivity contribution < 1.29 is 32.7 Å². The van der Waals surface area contributed by atoms with Crippen LogP contribution in [0.3, 0.4) is 0 Å². The van der Waals surface area contributed by atoms with E-state index in [2.05, 4.69) is 20.7 Å². The molecule has 0 spiro atoms. The number of rotatable bonds is 5. The van der Waals surface area contributed by atoms with Crippen molar-refractivity contribution in [2.75, 3.05) is 0 Å². The van der Waals surface area contributed by atoms with E-state index in [-0.39, 0.29) is 9.94 Å². The summed E-state index contributed by atoms with van der Waals surface area (Å²) in [5.74, 6) is -0.486. The highest BCUT2D eigenvalue weighted by Gasteiger charge is 2.40. The summed E-state index contributed by atoms with van der Waals surface area (Å²) >= 11 is 3.04. The molecule has 4 nitrogen and oxygen atoms in total. The maximum atomic E-state index is 12.3. The molecule has 0 aromatic heterocycles. The lowest BCUT2D eigenvalue weighted by molar-refractivity contribution is -0.274. The van der Waals surface area contributed by atoms with E-state index in [1.807, 2.05) is 0 Å². The minimum Gasteiger partial charge on any atom is -0.423 e. The molecule has 0 fully saturated rings. The SMILES string of the molecule is CC(C)(O)C(C)(C)OB(O)c1cc(Br)cc(OC(F)(F)F)c1. The maximum Gasteiger partial charge on any atom is 0.573 e. The van der Waals surface area contributed by atoms with Crippen LogP contribution >= 0.6 is 15.9 Å². The molecule has 1 aromatic rings. The summed E-state index contributed by atoms with van der Waals surface area (Å²) in [5.41, 5.74) is -2.35. The minimum absolute atomic E-state index is 0.0611. The Kier molecular flexibility index (Phi) is 5.60. The van der Waals surface area contributed by atoms with E-state index in [9.17, 15) is 23.3 Å². The molecule has 0 aliphatic carbocycles. The van der Waals surface area contributed by atoms with Gasteiger partial charge in [0, 0.05) is 4.47 Å². The van der Waals surface area contributed by atoms with Gasteiger partial charge in [0.1, 0.15) is 5.75 Å². The van der Waals surface area contributed by atoms with Gasteiger partial charge in [-0.15, -0.1) is 13.2 Å². The summed E-state index contributed by atoms with van der Waals surface area (Å²) in [5, 5.41) is 20.1. The molecule has 0 heterocycles. The van der Waals surface area contributed by atoms with Gasteiger partial charge in [0.05, 0.1) is 11.2 Å². The first-order valence-corrected chi connectivity index (χ1v) is 7.15. The van der Waals surface area contributed by atoms with Crippen LogP contribution in [0.15, 0.2) is 22.7 Å². The molecule has 9 heteroatoms. The molecule has 0 amide bonds. The molecule has 1 aromatic carbocycles. The molecule has 0 bridgehead atoms. The zero-order valence-corrected chi connectivity index (χ0v) is 14.1. The lowest BCUT2D eigenvalue weighted by Gasteiger charge is -2.38. The number of aliphatic hydroxyl groups is 1. The van der Waals surface area contributed by atoms with Crippen molar-refractivity contribution in [3.63, 3.8) is 0 Å². The average molecular weight is 385 g/mol. The summed E-state index contributed by atoms with van der Waals surface area (Å²) < 4.78 is 46.3. The topological polar surface area (TPSA) is 58.9 Å². The van der Waals surface area contributed by atoms with Gasteiger partial charge < -0.3 is 19.5 Å². The second-order valence-electron chi connectivity index (χ2n) is 5.81. The lowest BCUT2D eigenvalue weighted by atomic mass is 9.76. The van der Waals surface area contributed by atoms with Gasteiger partial charge in [-0.2, -0.15) is 0 Å². The first-order chi connectivity index (χ1) is 9.71. The number of hydrogen-bond donors (Lipinski definition) is 2. The van der Waals surface area contributed by atoms with Gasteiger partial charge in [-0.3, -0.25) is 0 Å². The average Bonchev–Trinajstić information content (AvgIpc) is 2.23. The molecule has 0 aliphatic rings. The molecule has 2 N–H and O–H groups in total. The molecular formula is C13H17BBrF3O4. The van der Waals surface area contributed by atoms with Gasteiger partial charge in [0.15, 0.2) is 0 Å². The highest BCUT2D eigenvalue weighted by molar-refractivity contribution is 9.10. The van der Waals surface area contributed by atoms with Crippen molar-refractivity contribution in [2.24, 2.45) is 0 Å². The molecule has 0 atom stereocenters. The van der Waals surface area contributed by atoms with Crippen molar-refractivity contribution >= 4 is 28.5 Å². The third-order valence-corrected chi connectivity index (χ3v) is 3.75. The van der Waals surface area contributed by atoms with Crippen LogP contribution in [-0.2, 0) is 4.65 Å². The Morgan fingerprint density at radius 2 is 1.64 bits per heavy atom. The Morgan fingerprint density at radius 1 is 1.09 bits per heavy atom. The summed E-state index contributed by atoms with van der Waals surface area (Å²) in [4.78, 5) is 0. The van der Waals surface area contributed by atoms with Crippen molar-refractivity contribution in [3.8, 4) is 5.75 Å². The van der Waals surface area contributed by atoms with Gasteiger partial charge in [-0.05, 0) is 51.4 Å². The van der Waals surface area contributed by atoms with Crippen LogP contribution in [-0.4, -0.2) is 34.8 Å². The molecular weight excluding hydrogens is 368 g/mol. The second kappa shape index (κ2) is 6.39. The fourth-order valence-electron chi connectivity index (χ4n) is 1.41. The summed E-state index contributed by atoms with van der Waals surface area (Å²) in [7, 11) is -1.53. The summed E-state index contributed by atoms with van der Waals surface area (Å²) in [6.45, 7) is 6.11. The third kappa shape index (κ3) is 5.46. The van der Waals surface area contributed by atoms with Crippen molar-refractivity contribution in [2.45, 2.75) is 45.3 Å². The van der Waals surface area contributed by atoms with Gasteiger partial charge in [-0.25, -0.2) is 0 Å². The fraction of sp³-hybridized carbons (Fsp3) is 0.538. The van der Waals surface area contributed by atoms with Crippen molar-refractivity contribution in [1.29, 1.82) is 0 Å². The molecule has 0 saturated heterocycles. The first-order valence-electron chi connectivity index (χ1n) is 6.36. The highest BCUT2D eigenvalue weighted by atomic mass is 79.9. The van der Waals surface area contributed by atoms with Crippen LogP contribution in [0, 0.1) is 0 Å². The van der Waals surface area contributed by atoms with E-state index < -0.39 is 30.4 Å². The van der Waals surface area contributed by atoms with E-state index in [0.717, 1.165) is 12.1 Å². The monoisotopic (exact) mass is 384 g/mol. The Labute approximate surface area is 135 Å². The van der Waals surface area contributed by atoms with E-state index in [1.165, 1.54) is 19.9 Å². The highest BCUT2D eigenvalue weighted by Crippen LogP contribution is 2.27. The Bertz CT molecular complexity index is 529. The minimum atomic E-state index is -4.84. The number of hydrogen-bond acceptors (Lipinski definition) is 4. The van der Waals surface area contributed by atoms with Crippen LogP contribution in [0.25, 0.3) is 0 Å². The van der Waals surface area contributed by atoms with Crippen molar-refractivity contribution in [3.05, 3.63) is 22.7 Å². The number of alkyl halides is 3. The number of halogens is 4. The van der Waals surface area contributed by atoms with Crippen molar-refractivity contribution in [1.82, 2.24) is 0 Å². The predicted molar refractivity (Wildman–Crippen MR) is 79.9 cm³/mol. The standard InChI is InChI=1S/C13H17BBrF3O4/c1-11(2,19)12(3,4)22-14(20)8-5-9(15)7-10(6-8)21-13(16,17)18/h5-7,19-20H,1-4H3. The molecule has 0 saturated carbocycles.